The molecule has 0 saturated heterocycles. The molecule has 4 nitrogen and oxygen atoms in total. The molecule has 0 amide bonds. The number of hydrogen-bond acceptors (Lipinski definition) is 4. The lowest BCUT2D eigenvalue weighted by atomic mass is 10.0. The molecule has 0 aliphatic carbocycles. The van der Waals surface area contributed by atoms with Crippen LogP contribution in [-0.2, 0) is 4.79 Å². The molecule has 0 fully saturated rings. The summed E-state index contributed by atoms with van der Waals surface area (Å²) in [5.41, 5.74) is 6.90. The van der Waals surface area contributed by atoms with E-state index in [9.17, 15) is 9.90 Å². The zero-order chi connectivity index (χ0) is 13.5. The fourth-order valence-corrected chi connectivity index (χ4v) is 1.79. The number of rotatable bonds is 6. The van der Waals surface area contributed by atoms with E-state index in [4.69, 9.17) is 10.5 Å². The predicted molar refractivity (Wildman–Crippen MR) is 70.5 cm³/mol. The number of unbranched alkanes of at least 4 members (excludes halogenated alkanes) is 2. The van der Waals surface area contributed by atoms with Crippen LogP contribution in [0.2, 0.25) is 0 Å². The van der Waals surface area contributed by atoms with Crippen LogP contribution in [0.15, 0.2) is 18.2 Å². The number of benzene rings is 1. The fraction of sp³-hybridized carbons (Fsp3) is 0.500. The minimum Gasteiger partial charge on any atom is -0.504 e. The second-order valence-corrected chi connectivity index (χ2v) is 4.42. The SMILES string of the molecule is CCCCC[C@@H](N)c1ccc(OC(C)=O)c(O)c1. The summed E-state index contributed by atoms with van der Waals surface area (Å²) in [4.78, 5) is 10.8. The van der Waals surface area contributed by atoms with E-state index in [2.05, 4.69) is 6.92 Å². The topological polar surface area (TPSA) is 72.5 Å². The normalized spacial score (nSPS) is 12.2. The molecule has 4 heteroatoms. The molecule has 0 aliphatic rings. The minimum atomic E-state index is -0.453. The van der Waals surface area contributed by atoms with Gasteiger partial charge in [-0.25, -0.2) is 0 Å². The van der Waals surface area contributed by atoms with Crippen LogP contribution in [0.3, 0.4) is 0 Å². The van der Waals surface area contributed by atoms with Crippen molar-refractivity contribution in [1.29, 1.82) is 0 Å². The Balaban J connectivity index is 2.68. The van der Waals surface area contributed by atoms with Crippen LogP contribution in [0.1, 0.15) is 51.1 Å². The summed E-state index contributed by atoms with van der Waals surface area (Å²) in [5.74, 6) is -0.328. The first-order chi connectivity index (χ1) is 8.54. The first kappa shape index (κ1) is 14.5. The maximum Gasteiger partial charge on any atom is 0.308 e. The highest BCUT2D eigenvalue weighted by molar-refractivity contribution is 5.70. The Morgan fingerprint density at radius 3 is 2.72 bits per heavy atom. The molecule has 3 N–H and O–H groups in total. The maximum absolute atomic E-state index is 10.8. The van der Waals surface area contributed by atoms with Gasteiger partial charge in [-0.2, -0.15) is 0 Å². The van der Waals surface area contributed by atoms with Crippen molar-refractivity contribution < 1.29 is 14.6 Å². The third-order valence-corrected chi connectivity index (χ3v) is 2.78. The maximum atomic E-state index is 10.8. The van der Waals surface area contributed by atoms with Gasteiger partial charge in [0.1, 0.15) is 0 Å². The van der Waals surface area contributed by atoms with Gasteiger partial charge in [-0.3, -0.25) is 4.79 Å². The molecule has 0 radical (unpaired) electrons. The lowest BCUT2D eigenvalue weighted by Crippen LogP contribution is -2.10. The number of phenolic OH excluding ortho intramolecular Hbond substituents is 1. The van der Waals surface area contributed by atoms with E-state index in [1.807, 2.05) is 0 Å². The summed E-state index contributed by atoms with van der Waals surface area (Å²) >= 11 is 0. The van der Waals surface area contributed by atoms with Crippen molar-refractivity contribution in [2.24, 2.45) is 5.73 Å². The molecule has 100 valence electrons. The quantitative estimate of drug-likeness (QED) is 0.463. The van der Waals surface area contributed by atoms with Gasteiger partial charge in [-0.15, -0.1) is 0 Å². The van der Waals surface area contributed by atoms with E-state index in [-0.39, 0.29) is 17.5 Å². The van der Waals surface area contributed by atoms with Crippen LogP contribution in [-0.4, -0.2) is 11.1 Å². The van der Waals surface area contributed by atoms with Crippen molar-refractivity contribution in [3.63, 3.8) is 0 Å². The van der Waals surface area contributed by atoms with Crippen LogP contribution in [0, 0.1) is 0 Å². The second-order valence-electron chi connectivity index (χ2n) is 4.42. The van der Waals surface area contributed by atoms with E-state index < -0.39 is 5.97 Å². The molecule has 0 aliphatic heterocycles. The molecule has 0 spiro atoms. The monoisotopic (exact) mass is 251 g/mol. The van der Waals surface area contributed by atoms with E-state index in [1.54, 1.807) is 18.2 Å². The van der Waals surface area contributed by atoms with E-state index in [0.717, 1.165) is 31.2 Å². The number of phenols is 1. The molecule has 18 heavy (non-hydrogen) atoms. The highest BCUT2D eigenvalue weighted by Gasteiger charge is 2.10. The molecule has 1 aromatic rings. The third-order valence-electron chi connectivity index (χ3n) is 2.78. The van der Waals surface area contributed by atoms with Crippen molar-refractivity contribution in [3.8, 4) is 11.5 Å². The molecular formula is C14H21NO3. The molecule has 0 bridgehead atoms. The zero-order valence-electron chi connectivity index (χ0n) is 11.0. The van der Waals surface area contributed by atoms with Gasteiger partial charge in [-0.05, 0) is 24.1 Å². The summed E-state index contributed by atoms with van der Waals surface area (Å²) < 4.78 is 4.85. The van der Waals surface area contributed by atoms with E-state index >= 15 is 0 Å². The molecule has 0 heterocycles. The van der Waals surface area contributed by atoms with Crippen molar-refractivity contribution in [2.45, 2.75) is 45.6 Å². The number of hydrogen-bond donors (Lipinski definition) is 2. The van der Waals surface area contributed by atoms with Crippen LogP contribution < -0.4 is 10.5 Å². The first-order valence-corrected chi connectivity index (χ1v) is 6.31. The molecule has 0 unspecified atom stereocenters. The highest BCUT2D eigenvalue weighted by atomic mass is 16.5. The predicted octanol–water partition coefficient (Wildman–Crippen LogP) is 2.90. The summed E-state index contributed by atoms with van der Waals surface area (Å²) in [6, 6.07) is 4.84. The number of carbonyl (C=O) groups excluding carboxylic acids is 1. The summed E-state index contributed by atoms with van der Waals surface area (Å²) in [6.07, 6.45) is 4.28. The Kier molecular flexibility index (Phi) is 5.65. The lowest BCUT2D eigenvalue weighted by Gasteiger charge is -2.13. The summed E-state index contributed by atoms with van der Waals surface area (Å²) in [7, 11) is 0. The van der Waals surface area contributed by atoms with Crippen LogP contribution in [0.4, 0.5) is 0 Å². The molecule has 0 saturated carbocycles. The Labute approximate surface area is 108 Å². The molecule has 0 aromatic heterocycles. The standard InChI is InChI=1S/C14H21NO3/c1-3-4-5-6-12(15)11-7-8-14(13(17)9-11)18-10(2)16/h7-9,12,17H,3-6,15H2,1-2H3/t12-/m1/s1. The number of nitrogens with two attached hydrogens (primary N) is 1. The van der Waals surface area contributed by atoms with Crippen molar-refractivity contribution in [3.05, 3.63) is 23.8 Å². The number of carbonyl (C=O) groups is 1. The molecule has 1 atom stereocenters. The lowest BCUT2D eigenvalue weighted by molar-refractivity contribution is -0.132. The van der Waals surface area contributed by atoms with Crippen LogP contribution in [0.25, 0.3) is 0 Å². The fourth-order valence-electron chi connectivity index (χ4n) is 1.79. The van der Waals surface area contributed by atoms with Gasteiger partial charge in [0.25, 0.3) is 0 Å². The highest BCUT2D eigenvalue weighted by Crippen LogP contribution is 2.30. The van der Waals surface area contributed by atoms with Gasteiger partial charge in [0, 0.05) is 13.0 Å². The smallest absolute Gasteiger partial charge is 0.308 e. The van der Waals surface area contributed by atoms with Gasteiger partial charge in [0.2, 0.25) is 0 Å². The van der Waals surface area contributed by atoms with Gasteiger partial charge >= 0.3 is 5.97 Å². The van der Waals surface area contributed by atoms with Gasteiger partial charge in [0.15, 0.2) is 11.5 Å². The summed E-state index contributed by atoms with van der Waals surface area (Å²) in [5, 5.41) is 9.73. The van der Waals surface area contributed by atoms with Gasteiger partial charge in [-0.1, -0.05) is 32.3 Å². The average Bonchev–Trinajstić information content (AvgIpc) is 2.31. The summed E-state index contributed by atoms with van der Waals surface area (Å²) in [6.45, 7) is 3.44. The number of aromatic hydroxyl groups is 1. The van der Waals surface area contributed by atoms with Crippen LogP contribution in [0.5, 0.6) is 11.5 Å². The average molecular weight is 251 g/mol. The first-order valence-electron chi connectivity index (χ1n) is 6.31. The van der Waals surface area contributed by atoms with Crippen molar-refractivity contribution >= 4 is 5.97 Å². The van der Waals surface area contributed by atoms with Crippen molar-refractivity contribution in [2.75, 3.05) is 0 Å². The minimum absolute atomic E-state index is 0.0476. The second kappa shape index (κ2) is 7.01. The molecule has 1 aromatic carbocycles. The number of esters is 1. The Hall–Kier alpha value is -1.55. The van der Waals surface area contributed by atoms with Crippen LogP contribution >= 0.6 is 0 Å². The Morgan fingerprint density at radius 1 is 1.44 bits per heavy atom. The van der Waals surface area contributed by atoms with Gasteiger partial charge in [0.05, 0.1) is 0 Å². The largest absolute Gasteiger partial charge is 0.504 e. The van der Waals surface area contributed by atoms with E-state index in [1.165, 1.54) is 6.92 Å². The third kappa shape index (κ3) is 4.37. The molecule has 1 rings (SSSR count). The Morgan fingerprint density at radius 2 is 2.17 bits per heavy atom. The zero-order valence-corrected chi connectivity index (χ0v) is 11.0. The van der Waals surface area contributed by atoms with Gasteiger partial charge < -0.3 is 15.6 Å². The number of ether oxygens (including phenoxy) is 1. The van der Waals surface area contributed by atoms with E-state index in [0.29, 0.717) is 0 Å². The molecular weight excluding hydrogens is 230 g/mol. The Bertz CT molecular complexity index is 404. The van der Waals surface area contributed by atoms with Crippen molar-refractivity contribution in [1.82, 2.24) is 0 Å².